The lowest BCUT2D eigenvalue weighted by Gasteiger charge is -2.13. The Balaban J connectivity index is 1.47. The molecule has 150 valence electrons. The highest BCUT2D eigenvalue weighted by atomic mass is 35.5. The van der Waals surface area contributed by atoms with Crippen LogP contribution < -0.4 is 15.4 Å². The number of nitrogens with zero attached hydrogens (tertiary/aromatic N) is 1. The molecule has 0 radical (unpaired) electrons. The van der Waals surface area contributed by atoms with Gasteiger partial charge in [0.1, 0.15) is 0 Å². The van der Waals surface area contributed by atoms with Gasteiger partial charge in [-0.1, -0.05) is 41.9 Å². The Morgan fingerprint density at radius 3 is 2.46 bits per heavy atom. The van der Waals surface area contributed by atoms with Gasteiger partial charge in [0.15, 0.2) is 5.96 Å². The third-order valence-corrected chi connectivity index (χ3v) is 6.37. The molecule has 1 saturated carbocycles. The fourth-order valence-corrected chi connectivity index (χ4v) is 4.23. The highest BCUT2D eigenvalue weighted by Crippen LogP contribution is 2.22. The second-order valence-corrected chi connectivity index (χ2v) is 8.85. The van der Waals surface area contributed by atoms with Crippen LogP contribution in [0.4, 0.5) is 0 Å². The van der Waals surface area contributed by atoms with Crippen LogP contribution in [0.5, 0.6) is 0 Å². The maximum Gasteiger partial charge on any atom is 0.240 e. The lowest BCUT2D eigenvalue weighted by molar-refractivity contribution is 0.581. The fraction of sp³-hybridized carbons (Fsp3) is 0.350. The van der Waals surface area contributed by atoms with E-state index in [0.717, 1.165) is 35.4 Å². The molecule has 8 heteroatoms. The van der Waals surface area contributed by atoms with Gasteiger partial charge in [-0.3, -0.25) is 4.99 Å². The molecule has 6 nitrogen and oxygen atoms in total. The van der Waals surface area contributed by atoms with E-state index < -0.39 is 10.0 Å². The van der Waals surface area contributed by atoms with Gasteiger partial charge in [-0.15, -0.1) is 0 Å². The summed E-state index contributed by atoms with van der Waals surface area (Å²) in [4.78, 5) is 4.51. The van der Waals surface area contributed by atoms with Crippen molar-refractivity contribution < 1.29 is 8.42 Å². The van der Waals surface area contributed by atoms with Crippen LogP contribution in [-0.2, 0) is 23.0 Å². The number of guanidine groups is 1. The SMILES string of the molecule is CN=C(NCCc1ccccc1Cl)NCc1ccc(S(=O)(=O)NC2CC2)cc1. The molecule has 1 aliphatic carbocycles. The highest BCUT2D eigenvalue weighted by Gasteiger charge is 2.27. The van der Waals surface area contributed by atoms with Crippen molar-refractivity contribution in [1.29, 1.82) is 0 Å². The van der Waals surface area contributed by atoms with Gasteiger partial charge >= 0.3 is 0 Å². The normalized spacial score (nSPS) is 14.7. The first-order valence-electron chi connectivity index (χ1n) is 9.27. The predicted octanol–water partition coefficient (Wildman–Crippen LogP) is 2.69. The van der Waals surface area contributed by atoms with Crippen molar-refractivity contribution in [3.05, 3.63) is 64.7 Å². The average molecular weight is 421 g/mol. The Morgan fingerprint density at radius 2 is 1.82 bits per heavy atom. The van der Waals surface area contributed by atoms with E-state index in [9.17, 15) is 8.42 Å². The summed E-state index contributed by atoms with van der Waals surface area (Å²) in [5.41, 5.74) is 2.06. The molecule has 0 unspecified atom stereocenters. The van der Waals surface area contributed by atoms with Gasteiger partial charge in [-0.05, 0) is 48.6 Å². The molecule has 3 N–H and O–H groups in total. The van der Waals surface area contributed by atoms with Gasteiger partial charge < -0.3 is 10.6 Å². The highest BCUT2D eigenvalue weighted by molar-refractivity contribution is 7.89. The Bertz CT molecular complexity index is 925. The molecule has 0 saturated heterocycles. The molecule has 0 atom stereocenters. The molecule has 0 bridgehead atoms. The van der Waals surface area contributed by atoms with Crippen LogP contribution in [-0.4, -0.2) is 34.0 Å². The van der Waals surface area contributed by atoms with Gasteiger partial charge in [-0.2, -0.15) is 0 Å². The average Bonchev–Trinajstić information content (AvgIpc) is 3.49. The van der Waals surface area contributed by atoms with Gasteiger partial charge in [0, 0.05) is 31.2 Å². The summed E-state index contributed by atoms with van der Waals surface area (Å²) in [6, 6.07) is 14.8. The quantitative estimate of drug-likeness (QED) is 0.453. The molecule has 0 spiro atoms. The molecule has 1 fully saturated rings. The van der Waals surface area contributed by atoms with Crippen LogP contribution in [0.2, 0.25) is 5.02 Å². The Labute approximate surface area is 171 Å². The number of sulfonamides is 1. The second kappa shape index (κ2) is 9.41. The van der Waals surface area contributed by atoms with Crippen molar-refractivity contribution in [3.63, 3.8) is 0 Å². The number of hydrogen-bond acceptors (Lipinski definition) is 3. The van der Waals surface area contributed by atoms with E-state index in [1.807, 2.05) is 36.4 Å². The van der Waals surface area contributed by atoms with Gasteiger partial charge in [-0.25, -0.2) is 13.1 Å². The molecule has 3 rings (SSSR count). The maximum absolute atomic E-state index is 12.2. The van der Waals surface area contributed by atoms with Crippen LogP contribution in [0.15, 0.2) is 58.4 Å². The minimum atomic E-state index is -3.41. The second-order valence-electron chi connectivity index (χ2n) is 6.73. The Hall–Kier alpha value is -2.09. The van der Waals surface area contributed by atoms with E-state index in [4.69, 9.17) is 11.6 Å². The summed E-state index contributed by atoms with van der Waals surface area (Å²) in [7, 11) is -1.70. The number of nitrogens with one attached hydrogen (secondary N) is 3. The van der Waals surface area contributed by atoms with Gasteiger partial charge in [0.25, 0.3) is 0 Å². The molecular weight excluding hydrogens is 396 g/mol. The fourth-order valence-electron chi connectivity index (χ4n) is 2.70. The zero-order valence-corrected chi connectivity index (χ0v) is 17.4. The summed E-state index contributed by atoms with van der Waals surface area (Å²) < 4.78 is 27.1. The molecular formula is C20H25ClN4O2S. The van der Waals surface area contributed by atoms with Gasteiger partial charge in [0.05, 0.1) is 4.90 Å². The lowest BCUT2D eigenvalue weighted by atomic mass is 10.1. The first-order chi connectivity index (χ1) is 13.5. The molecule has 0 heterocycles. The molecule has 2 aromatic rings. The monoisotopic (exact) mass is 420 g/mol. The van der Waals surface area contributed by atoms with Crippen LogP contribution in [0.25, 0.3) is 0 Å². The molecule has 28 heavy (non-hydrogen) atoms. The molecule has 2 aromatic carbocycles. The first-order valence-corrected chi connectivity index (χ1v) is 11.1. The van der Waals surface area contributed by atoms with E-state index in [1.165, 1.54) is 0 Å². The van der Waals surface area contributed by atoms with E-state index in [1.54, 1.807) is 19.2 Å². The first kappa shape index (κ1) is 20.6. The van der Waals surface area contributed by atoms with Crippen molar-refractivity contribution in [2.24, 2.45) is 4.99 Å². The molecule has 1 aliphatic rings. The summed E-state index contributed by atoms with van der Waals surface area (Å²) in [5, 5.41) is 7.24. The smallest absolute Gasteiger partial charge is 0.240 e. The third-order valence-electron chi connectivity index (χ3n) is 4.46. The molecule has 0 aliphatic heterocycles. The predicted molar refractivity (Wildman–Crippen MR) is 113 cm³/mol. The topological polar surface area (TPSA) is 82.6 Å². The summed E-state index contributed by atoms with van der Waals surface area (Å²) in [5.74, 6) is 0.680. The minimum absolute atomic E-state index is 0.103. The maximum atomic E-state index is 12.2. The zero-order valence-electron chi connectivity index (χ0n) is 15.8. The standard InChI is InChI=1S/C20H25ClN4O2S/c1-22-20(23-13-12-16-4-2-3-5-19(16)21)24-14-15-6-10-18(11-7-15)28(26,27)25-17-8-9-17/h2-7,10-11,17,25H,8-9,12-14H2,1H3,(H2,22,23,24). The van der Waals surface area contributed by atoms with Crippen LogP contribution in [0, 0.1) is 0 Å². The van der Waals surface area contributed by atoms with Crippen molar-refractivity contribution in [2.45, 2.75) is 36.7 Å². The lowest BCUT2D eigenvalue weighted by Crippen LogP contribution is -2.37. The van der Waals surface area contributed by atoms with Crippen molar-refractivity contribution in [3.8, 4) is 0 Å². The number of halogens is 1. The van der Waals surface area contributed by atoms with Crippen LogP contribution in [0.1, 0.15) is 24.0 Å². The largest absolute Gasteiger partial charge is 0.356 e. The molecule has 0 aromatic heterocycles. The third kappa shape index (κ3) is 5.95. The van der Waals surface area contributed by atoms with Crippen LogP contribution in [0.3, 0.4) is 0 Å². The van der Waals surface area contributed by atoms with Crippen LogP contribution >= 0.6 is 11.6 Å². The van der Waals surface area contributed by atoms with Crippen molar-refractivity contribution >= 4 is 27.6 Å². The number of aliphatic imine (C=N–C) groups is 1. The number of benzene rings is 2. The minimum Gasteiger partial charge on any atom is -0.356 e. The van der Waals surface area contributed by atoms with E-state index in [-0.39, 0.29) is 6.04 Å². The Kier molecular flexibility index (Phi) is 6.93. The number of rotatable bonds is 8. The zero-order chi connectivity index (χ0) is 20.0. The summed E-state index contributed by atoms with van der Waals surface area (Å²) >= 11 is 6.17. The van der Waals surface area contributed by atoms with Crippen molar-refractivity contribution in [1.82, 2.24) is 15.4 Å². The summed E-state index contributed by atoms with van der Waals surface area (Å²) in [6.07, 6.45) is 2.63. The van der Waals surface area contributed by atoms with E-state index >= 15 is 0 Å². The number of hydrogen-bond donors (Lipinski definition) is 3. The van der Waals surface area contributed by atoms with E-state index in [2.05, 4.69) is 20.3 Å². The molecule has 0 amide bonds. The summed E-state index contributed by atoms with van der Waals surface area (Å²) in [6.45, 7) is 1.25. The van der Waals surface area contributed by atoms with Gasteiger partial charge in [0.2, 0.25) is 10.0 Å². The van der Waals surface area contributed by atoms with Crippen molar-refractivity contribution in [2.75, 3.05) is 13.6 Å². The Morgan fingerprint density at radius 1 is 1.11 bits per heavy atom. The van der Waals surface area contributed by atoms with E-state index in [0.29, 0.717) is 23.9 Å².